The zero-order chi connectivity index (χ0) is 13.7. The summed E-state index contributed by atoms with van der Waals surface area (Å²) in [5.41, 5.74) is 1.66. The van der Waals surface area contributed by atoms with Crippen LogP contribution in [0.15, 0.2) is 18.2 Å². The lowest BCUT2D eigenvalue weighted by Gasteiger charge is -2.28. The van der Waals surface area contributed by atoms with E-state index in [1.807, 2.05) is 18.2 Å². The molecule has 0 saturated heterocycles. The molecule has 2 nitrogen and oxygen atoms in total. The fourth-order valence-corrected chi connectivity index (χ4v) is 3.32. The summed E-state index contributed by atoms with van der Waals surface area (Å²) in [5, 5.41) is 4.37. The van der Waals surface area contributed by atoms with Gasteiger partial charge in [0.05, 0.1) is 7.11 Å². The molecule has 0 unspecified atom stereocenters. The number of ether oxygens (including phenoxy) is 1. The molecule has 1 saturated carbocycles. The molecule has 1 aliphatic carbocycles. The molecule has 1 aromatic carbocycles. The van der Waals surface area contributed by atoms with Crippen molar-refractivity contribution in [2.24, 2.45) is 5.41 Å². The Kier molecular flexibility index (Phi) is 5.12. The van der Waals surface area contributed by atoms with Crippen LogP contribution in [0.2, 0.25) is 5.02 Å². The van der Waals surface area contributed by atoms with Crippen LogP contribution in [0.5, 0.6) is 5.75 Å². The van der Waals surface area contributed by atoms with Gasteiger partial charge in [0.15, 0.2) is 0 Å². The van der Waals surface area contributed by atoms with E-state index in [0.717, 1.165) is 29.4 Å². The van der Waals surface area contributed by atoms with Crippen molar-refractivity contribution in [1.29, 1.82) is 0 Å². The minimum atomic E-state index is 0.520. The van der Waals surface area contributed by atoms with Crippen LogP contribution in [0.4, 0.5) is 0 Å². The monoisotopic (exact) mass is 281 g/mol. The lowest BCUT2D eigenvalue weighted by molar-refractivity contribution is 0.267. The number of methoxy groups -OCH3 is 1. The molecule has 1 aliphatic rings. The number of benzene rings is 1. The summed E-state index contributed by atoms with van der Waals surface area (Å²) in [6.45, 7) is 4.23. The van der Waals surface area contributed by atoms with Gasteiger partial charge >= 0.3 is 0 Å². The Bertz CT molecular complexity index is 413. The Labute approximate surface area is 121 Å². The van der Waals surface area contributed by atoms with E-state index in [1.54, 1.807) is 7.11 Å². The molecule has 0 aromatic heterocycles. The highest BCUT2D eigenvalue weighted by atomic mass is 35.5. The standard InChI is InChI=1S/C16H24ClNO/c1-3-16(8-4-5-9-16)12-18-11-13-10-14(17)6-7-15(13)19-2/h6-7,10,18H,3-5,8-9,11-12H2,1-2H3. The van der Waals surface area contributed by atoms with E-state index in [1.165, 1.54) is 32.1 Å². The molecule has 3 heteroatoms. The number of rotatable bonds is 6. The van der Waals surface area contributed by atoms with Crippen LogP contribution in [0.25, 0.3) is 0 Å². The summed E-state index contributed by atoms with van der Waals surface area (Å²) in [7, 11) is 1.71. The van der Waals surface area contributed by atoms with Crippen LogP contribution < -0.4 is 10.1 Å². The molecule has 19 heavy (non-hydrogen) atoms. The van der Waals surface area contributed by atoms with Crippen LogP contribution in [-0.4, -0.2) is 13.7 Å². The summed E-state index contributed by atoms with van der Waals surface area (Å²) >= 11 is 6.05. The SMILES string of the molecule is CCC1(CNCc2cc(Cl)ccc2OC)CCCC1. The fraction of sp³-hybridized carbons (Fsp3) is 0.625. The van der Waals surface area contributed by atoms with Gasteiger partial charge in [-0.3, -0.25) is 0 Å². The van der Waals surface area contributed by atoms with E-state index in [-0.39, 0.29) is 0 Å². The highest BCUT2D eigenvalue weighted by Crippen LogP contribution is 2.40. The Morgan fingerprint density at radius 1 is 1.32 bits per heavy atom. The second-order valence-corrected chi connectivity index (χ2v) is 6.06. The van der Waals surface area contributed by atoms with Gasteiger partial charge in [0, 0.05) is 23.7 Å². The number of nitrogens with one attached hydrogen (secondary N) is 1. The Morgan fingerprint density at radius 2 is 2.05 bits per heavy atom. The van der Waals surface area contributed by atoms with Crippen molar-refractivity contribution >= 4 is 11.6 Å². The number of hydrogen-bond acceptors (Lipinski definition) is 2. The van der Waals surface area contributed by atoms with Crippen molar-refractivity contribution in [2.75, 3.05) is 13.7 Å². The molecule has 1 fully saturated rings. The van der Waals surface area contributed by atoms with Crippen molar-refractivity contribution in [3.05, 3.63) is 28.8 Å². The number of halogens is 1. The van der Waals surface area contributed by atoms with Crippen molar-refractivity contribution in [1.82, 2.24) is 5.32 Å². The minimum Gasteiger partial charge on any atom is -0.496 e. The van der Waals surface area contributed by atoms with Gasteiger partial charge in [0.25, 0.3) is 0 Å². The van der Waals surface area contributed by atoms with Crippen molar-refractivity contribution in [3.8, 4) is 5.75 Å². The van der Waals surface area contributed by atoms with E-state index in [4.69, 9.17) is 16.3 Å². The maximum atomic E-state index is 6.05. The fourth-order valence-electron chi connectivity index (χ4n) is 3.13. The summed E-state index contributed by atoms with van der Waals surface area (Å²) in [5.74, 6) is 0.911. The topological polar surface area (TPSA) is 21.3 Å². The second-order valence-electron chi connectivity index (χ2n) is 5.62. The molecule has 0 spiro atoms. The average Bonchev–Trinajstić information content (AvgIpc) is 2.88. The molecule has 0 radical (unpaired) electrons. The smallest absolute Gasteiger partial charge is 0.123 e. The van der Waals surface area contributed by atoms with E-state index < -0.39 is 0 Å². The van der Waals surface area contributed by atoms with Crippen LogP contribution in [-0.2, 0) is 6.54 Å². The summed E-state index contributed by atoms with van der Waals surface area (Å²) < 4.78 is 5.38. The third kappa shape index (κ3) is 3.64. The molecule has 106 valence electrons. The molecule has 0 atom stereocenters. The normalized spacial score (nSPS) is 17.6. The summed E-state index contributed by atoms with van der Waals surface area (Å²) in [6.07, 6.45) is 6.77. The quantitative estimate of drug-likeness (QED) is 0.834. The molecule has 1 N–H and O–H groups in total. The van der Waals surface area contributed by atoms with Gasteiger partial charge in [-0.05, 0) is 42.9 Å². The molecule has 0 amide bonds. The van der Waals surface area contributed by atoms with Crippen LogP contribution in [0.1, 0.15) is 44.6 Å². The maximum absolute atomic E-state index is 6.05. The molecule has 0 aliphatic heterocycles. The number of hydrogen-bond donors (Lipinski definition) is 1. The van der Waals surface area contributed by atoms with E-state index >= 15 is 0 Å². The highest BCUT2D eigenvalue weighted by Gasteiger charge is 2.31. The van der Waals surface area contributed by atoms with Gasteiger partial charge in [-0.15, -0.1) is 0 Å². The first-order valence-electron chi connectivity index (χ1n) is 7.22. The zero-order valence-electron chi connectivity index (χ0n) is 12.0. The third-order valence-electron chi connectivity index (χ3n) is 4.47. The van der Waals surface area contributed by atoms with Crippen LogP contribution >= 0.6 is 11.6 Å². The maximum Gasteiger partial charge on any atom is 0.123 e. The Balaban J connectivity index is 1.93. The predicted molar refractivity (Wildman–Crippen MR) is 80.9 cm³/mol. The van der Waals surface area contributed by atoms with E-state index in [0.29, 0.717) is 5.41 Å². The van der Waals surface area contributed by atoms with Crippen molar-refractivity contribution in [2.45, 2.75) is 45.6 Å². The largest absolute Gasteiger partial charge is 0.496 e. The molecule has 0 heterocycles. The molecular formula is C16H24ClNO. The molecule has 0 bridgehead atoms. The Hall–Kier alpha value is -0.730. The minimum absolute atomic E-state index is 0.520. The molecule has 1 aromatic rings. The van der Waals surface area contributed by atoms with Gasteiger partial charge in [-0.1, -0.05) is 31.4 Å². The zero-order valence-corrected chi connectivity index (χ0v) is 12.7. The second kappa shape index (κ2) is 6.62. The van der Waals surface area contributed by atoms with Crippen LogP contribution in [0.3, 0.4) is 0 Å². The first-order valence-corrected chi connectivity index (χ1v) is 7.60. The van der Waals surface area contributed by atoms with Crippen molar-refractivity contribution in [3.63, 3.8) is 0 Å². The summed E-state index contributed by atoms with van der Waals surface area (Å²) in [4.78, 5) is 0. The van der Waals surface area contributed by atoms with Crippen molar-refractivity contribution < 1.29 is 4.74 Å². The van der Waals surface area contributed by atoms with Crippen LogP contribution in [0, 0.1) is 5.41 Å². The highest BCUT2D eigenvalue weighted by molar-refractivity contribution is 6.30. The lowest BCUT2D eigenvalue weighted by atomic mass is 9.83. The molecule has 2 rings (SSSR count). The molecular weight excluding hydrogens is 258 g/mol. The van der Waals surface area contributed by atoms with Gasteiger partial charge in [-0.2, -0.15) is 0 Å². The average molecular weight is 282 g/mol. The Morgan fingerprint density at radius 3 is 2.68 bits per heavy atom. The lowest BCUT2D eigenvalue weighted by Crippen LogP contribution is -2.31. The first kappa shape index (κ1) is 14.7. The first-order chi connectivity index (χ1) is 9.19. The van der Waals surface area contributed by atoms with E-state index in [2.05, 4.69) is 12.2 Å². The predicted octanol–water partition coefficient (Wildman–Crippen LogP) is 4.41. The van der Waals surface area contributed by atoms with Gasteiger partial charge in [0.2, 0.25) is 0 Å². The van der Waals surface area contributed by atoms with Gasteiger partial charge in [0.1, 0.15) is 5.75 Å². The van der Waals surface area contributed by atoms with Gasteiger partial charge < -0.3 is 10.1 Å². The van der Waals surface area contributed by atoms with E-state index in [9.17, 15) is 0 Å². The van der Waals surface area contributed by atoms with Gasteiger partial charge in [-0.25, -0.2) is 0 Å². The third-order valence-corrected chi connectivity index (χ3v) is 4.71. The summed E-state index contributed by atoms with van der Waals surface area (Å²) in [6, 6.07) is 5.79.